The SMILES string of the molecule is CN(C(=O)c1ccsc1)C(Cc1ccccc1)C1CCN(C(=O)C2CCOC2)CC1. The number of amides is 2. The van der Waals surface area contributed by atoms with Gasteiger partial charge in [-0.25, -0.2) is 0 Å². The zero-order valence-electron chi connectivity index (χ0n) is 17.5. The lowest BCUT2D eigenvalue weighted by molar-refractivity contribution is -0.137. The Hall–Kier alpha value is -2.18. The molecule has 2 aliphatic rings. The highest BCUT2D eigenvalue weighted by Crippen LogP contribution is 2.29. The maximum Gasteiger partial charge on any atom is 0.254 e. The second-order valence-electron chi connectivity index (χ2n) is 8.41. The molecule has 0 spiro atoms. The summed E-state index contributed by atoms with van der Waals surface area (Å²) >= 11 is 1.55. The van der Waals surface area contributed by atoms with E-state index in [4.69, 9.17) is 4.74 Å². The van der Waals surface area contributed by atoms with Gasteiger partial charge < -0.3 is 14.5 Å². The monoisotopic (exact) mass is 426 g/mol. The van der Waals surface area contributed by atoms with E-state index in [0.717, 1.165) is 44.3 Å². The van der Waals surface area contributed by atoms with Gasteiger partial charge in [0.1, 0.15) is 0 Å². The molecule has 2 unspecified atom stereocenters. The van der Waals surface area contributed by atoms with Gasteiger partial charge in [0, 0.05) is 38.2 Å². The van der Waals surface area contributed by atoms with Crippen molar-refractivity contribution in [1.29, 1.82) is 0 Å². The molecule has 2 atom stereocenters. The standard InChI is InChI=1S/C24H30N2O3S/c1-25(23(27)21-10-14-30-17-21)22(15-18-5-3-2-4-6-18)19-7-11-26(12-8-19)24(28)20-9-13-29-16-20/h2-6,10,14,17,19-20,22H,7-9,11-13,15-16H2,1H3. The van der Waals surface area contributed by atoms with E-state index < -0.39 is 0 Å². The van der Waals surface area contributed by atoms with Crippen molar-refractivity contribution in [3.63, 3.8) is 0 Å². The van der Waals surface area contributed by atoms with Gasteiger partial charge in [-0.3, -0.25) is 9.59 Å². The first-order valence-electron chi connectivity index (χ1n) is 10.8. The lowest BCUT2D eigenvalue weighted by Gasteiger charge is -2.40. The molecule has 1 aromatic heterocycles. The largest absolute Gasteiger partial charge is 0.381 e. The van der Waals surface area contributed by atoms with Gasteiger partial charge in [0.05, 0.1) is 18.1 Å². The molecule has 0 saturated carbocycles. The van der Waals surface area contributed by atoms with Crippen LogP contribution < -0.4 is 0 Å². The van der Waals surface area contributed by atoms with Crippen molar-refractivity contribution in [1.82, 2.24) is 9.80 Å². The van der Waals surface area contributed by atoms with Crippen molar-refractivity contribution in [2.45, 2.75) is 31.7 Å². The Morgan fingerprint density at radius 1 is 1.17 bits per heavy atom. The zero-order valence-corrected chi connectivity index (χ0v) is 18.4. The predicted molar refractivity (Wildman–Crippen MR) is 119 cm³/mol. The summed E-state index contributed by atoms with van der Waals surface area (Å²) in [4.78, 5) is 29.8. The van der Waals surface area contributed by atoms with E-state index in [2.05, 4.69) is 24.3 Å². The summed E-state index contributed by atoms with van der Waals surface area (Å²) in [6.07, 6.45) is 3.53. The summed E-state index contributed by atoms with van der Waals surface area (Å²) in [6.45, 7) is 2.80. The van der Waals surface area contributed by atoms with E-state index in [9.17, 15) is 9.59 Å². The minimum absolute atomic E-state index is 0.0320. The molecule has 0 aliphatic carbocycles. The van der Waals surface area contributed by atoms with E-state index in [1.54, 1.807) is 11.3 Å². The third kappa shape index (κ3) is 4.76. The molecule has 2 fully saturated rings. The molecule has 6 heteroatoms. The molecular weight excluding hydrogens is 396 g/mol. The molecule has 5 nitrogen and oxygen atoms in total. The average Bonchev–Trinajstić information content (AvgIpc) is 3.51. The highest BCUT2D eigenvalue weighted by Gasteiger charge is 2.35. The molecule has 0 bridgehead atoms. The van der Waals surface area contributed by atoms with Gasteiger partial charge in [-0.15, -0.1) is 0 Å². The van der Waals surface area contributed by atoms with Crippen LogP contribution in [0.5, 0.6) is 0 Å². The summed E-state index contributed by atoms with van der Waals surface area (Å²) in [5.41, 5.74) is 2.00. The van der Waals surface area contributed by atoms with Gasteiger partial charge in [-0.1, -0.05) is 30.3 Å². The maximum absolute atomic E-state index is 13.1. The van der Waals surface area contributed by atoms with Crippen LogP contribution in [-0.4, -0.2) is 61.0 Å². The summed E-state index contributed by atoms with van der Waals surface area (Å²) in [6, 6.07) is 12.4. The fraction of sp³-hybridized carbons (Fsp3) is 0.500. The van der Waals surface area contributed by atoms with Gasteiger partial charge in [0.25, 0.3) is 5.91 Å². The van der Waals surface area contributed by atoms with Crippen LogP contribution in [0.4, 0.5) is 0 Å². The van der Waals surface area contributed by atoms with Gasteiger partial charge in [-0.2, -0.15) is 11.3 Å². The first-order valence-corrected chi connectivity index (χ1v) is 11.8. The minimum Gasteiger partial charge on any atom is -0.381 e. The third-order valence-electron chi connectivity index (χ3n) is 6.55. The van der Waals surface area contributed by atoms with Crippen LogP contribution in [0.3, 0.4) is 0 Å². The number of hydrogen-bond donors (Lipinski definition) is 0. The van der Waals surface area contributed by atoms with E-state index in [0.29, 0.717) is 19.1 Å². The van der Waals surface area contributed by atoms with Crippen LogP contribution in [0.2, 0.25) is 0 Å². The molecule has 30 heavy (non-hydrogen) atoms. The molecule has 160 valence electrons. The number of ether oxygens (including phenoxy) is 1. The quantitative estimate of drug-likeness (QED) is 0.708. The van der Waals surface area contributed by atoms with Gasteiger partial charge in [0.15, 0.2) is 0 Å². The summed E-state index contributed by atoms with van der Waals surface area (Å²) in [5.74, 6) is 0.734. The summed E-state index contributed by atoms with van der Waals surface area (Å²) < 4.78 is 5.40. The Balaban J connectivity index is 1.45. The molecule has 2 amide bonds. The average molecular weight is 427 g/mol. The number of likely N-dealkylation sites (N-methyl/N-ethyl adjacent to an activating group) is 1. The Kier molecular flexibility index (Phi) is 6.85. The van der Waals surface area contributed by atoms with E-state index in [1.165, 1.54) is 5.56 Å². The number of benzene rings is 1. The molecule has 2 aliphatic heterocycles. The van der Waals surface area contributed by atoms with Gasteiger partial charge >= 0.3 is 0 Å². The van der Waals surface area contributed by atoms with Crippen LogP contribution in [-0.2, 0) is 16.0 Å². The normalized spacial score (nSPS) is 20.8. The Labute approximate surface area is 182 Å². The molecule has 4 rings (SSSR count). The highest BCUT2D eigenvalue weighted by atomic mass is 32.1. The van der Waals surface area contributed by atoms with Crippen LogP contribution in [0.25, 0.3) is 0 Å². The number of nitrogens with zero attached hydrogens (tertiary/aromatic N) is 2. The fourth-order valence-corrected chi connectivity index (χ4v) is 5.34. The first-order chi connectivity index (χ1) is 14.6. The van der Waals surface area contributed by atoms with Crippen molar-refractivity contribution in [3.8, 4) is 0 Å². The first kappa shape index (κ1) is 21.1. The van der Waals surface area contributed by atoms with Crippen LogP contribution in [0.1, 0.15) is 35.2 Å². The second-order valence-corrected chi connectivity index (χ2v) is 9.19. The molecule has 1 aromatic carbocycles. The van der Waals surface area contributed by atoms with Crippen molar-refractivity contribution in [2.24, 2.45) is 11.8 Å². The zero-order chi connectivity index (χ0) is 20.9. The lowest BCUT2D eigenvalue weighted by atomic mass is 9.84. The Morgan fingerprint density at radius 2 is 1.93 bits per heavy atom. The van der Waals surface area contributed by atoms with E-state index >= 15 is 0 Å². The Morgan fingerprint density at radius 3 is 2.57 bits per heavy atom. The molecule has 3 heterocycles. The molecule has 2 saturated heterocycles. The molecular formula is C24H30N2O3S. The van der Waals surface area contributed by atoms with Crippen molar-refractivity contribution in [3.05, 3.63) is 58.3 Å². The van der Waals surface area contributed by atoms with Crippen LogP contribution in [0.15, 0.2) is 47.2 Å². The summed E-state index contributed by atoms with van der Waals surface area (Å²) in [5, 5.41) is 3.87. The van der Waals surface area contributed by atoms with E-state index in [1.807, 2.05) is 39.7 Å². The van der Waals surface area contributed by atoms with Crippen LogP contribution >= 0.6 is 11.3 Å². The maximum atomic E-state index is 13.1. The number of thiophene rings is 1. The van der Waals surface area contributed by atoms with Crippen LogP contribution in [0, 0.1) is 11.8 Å². The number of hydrogen-bond acceptors (Lipinski definition) is 4. The Bertz CT molecular complexity index is 825. The smallest absolute Gasteiger partial charge is 0.254 e. The van der Waals surface area contributed by atoms with Crippen molar-refractivity contribution >= 4 is 23.2 Å². The topological polar surface area (TPSA) is 49.9 Å². The van der Waals surface area contributed by atoms with Crippen molar-refractivity contribution in [2.75, 3.05) is 33.4 Å². The lowest BCUT2D eigenvalue weighted by Crippen LogP contribution is -2.49. The third-order valence-corrected chi connectivity index (χ3v) is 7.23. The van der Waals surface area contributed by atoms with Gasteiger partial charge in [0.2, 0.25) is 5.91 Å². The minimum atomic E-state index is 0.0320. The van der Waals surface area contributed by atoms with E-state index in [-0.39, 0.29) is 23.8 Å². The number of carbonyl (C=O) groups excluding carboxylic acids is 2. The molecule has 2 aromatic rings. The highest BCUT2D eigenvalue weighted by molar-refractivity contribution is 7.08. The molecule has 0 radical (unpaired) electrons. The van der Waals surface area contributed by atoms with Gasteiger partial charge in [-0.05, 0) is 48.6 Å². The number of rotatable bonds is 6. The second kappa shape index (κ2) is 9.75. The number of piperidine rings is 1. The fourth-order valence-electron chi connectivity index (χ4n) is 4.71. The van der Waals surface area contributed by atoms with Crippen molar-refractivity contribution < 1.29 is 14.3 Å². The molecule has 0 N–H and O–H groups in total. The summed E-state index contributed by atoms with van der Waals surface area (Å²) in [7, 11) is 1.93. The number of carbonyl (C=O) groups is 2. The predicted octanol–water partition coefficient (Wildman–Crippen LogP) is 3.71. The number of likely N-dealkylation sites (tertiary alicyclic amines) is 1.